The topological polar surface area (TPSA) is 146 Å². The maximum Gasteiger partial charge on any atom is 0.407 e. The van der Waals surface area contributed by atoms with Crippen LogP contribution in [0.4, 0.5) is 10.5 Å². The van der Waals surface area contributed by atoms with Crippen LogP contribution in [0.1, 0.15) is 50.5 Å². The molecule has 1 fully saturated rings. The molecule has 11 heteroatoms. The summed E-state index contributed by atoms with van der Waals surface area (Å²) in [6.07, 6.45) is 5.07. The van der Waals surface area contributed by atoms with E-state index in [1.165, 1.54) is 6.20 Å². The van der Waals surface area contributed by atoms with Gasteiger partial charge in [0.2, 0.25) is 0 Å². The molecule has 2 amide bonds. The third-order valence-electron chi connectivity index (χ3n) is 5.86. The summed E-state index contributed by atoms with van der Waals surface area (Å²) in [5.41, 5.74) is 8.20. The predicted molar refractivity (Wildman–Crippen MR) is 157 cm³/mol. The maximum atomic E-state index is 12.6. The number of aliphatic imine (C=N–C) groups is 1. The molecule has 1 unspecified atom stereocenters. The molecule has 1 saturated carbocycles. The molecule has 41 heavy (non-hydrogen) atoms. The van der Waals surface area contributed by atoms with E-state index in [1.807, 2.05) is 45.0 Å². The van der Waals surface area contributed by atoms with Crippen LogP contribution in [-0.4, -0.2) is 73.9 Å². The molecule has 1 aliphatic carbocycles. The zero-order chi connectivity index (χ0) is 29.5. The van der Waals surface area contributed by atoms with E-state index in [1.54, 1.807) is 24.4 Å². The lowest BCUT2D eigenvalue weighted by Crippen LogP contribution is -2.41. The summed E-state index contributed by atoms with van der Waals surface area (Å²) < 4.78 is 22.0. The third kappa shape index (κ3) is 11.6. The van der Waals surface area contributed by atoms with Crippen LogP contribution in [0.25, 0.3) is 0 Å². The van der Waals surface area contributed by atoms with Crippen LogP contribution in [0.5, 0.6) is 5.75 Å². The second-order valence-corrected chi connectivity index (χ2v) is 10.3. The summed E-state index contributed by atoms with van der Waals surface area (Å²) in [4.78, 5) is 33.1. The molecule has 4 N–H and O–H groups in total. The molecule has 1 atom stereocenters. The Balaban J connectivity index is 1.38. The number of benzene rings is 1. The fourth-order valence-corrected chi connectivity index (χ4v) is 4.07. The number of pyridine rings is 1. The van der Waals surface area contributed by atoms with E-state index in [0.717, 1.165) is 36.2 Å². The summed E-state index contributed by atoms with van der Waals surface area (Å²) >= 11 is 0. The van der Waals surface area contributed by atoms with Gasteiger partial charge in [-0.1, -0.05) is 12.1 Å². The molecule has 1 aromatic carbocycles. The average molecular weight is 568 g/mol. The minimum Gasteiger partial charge on any atom is -0.491 e. The third-order valence-corrected chi connectivity index (χ3v) is 5.86. The lowest BCUT2D eigenvalue weighted by atomic mass is 9.88. The highest BCUT2D eigenvalue weighted by molar-refractivity contribution is 6.04. The lowest BCUT2D eigenvalue weighted by Gasteiger charge is -2.27. The summed E-state index contributed by atoms with van der Waals surface area (Å²) in [6, 6.07) is 12.5. The highest BCUT2D eigenvalue weighted by atomic mass is 16.6. The Kier molecular flexibility index (Phi) is 12.6. The number of aromatic nitrogens is 1. The van der Waals surface area contributed by atoms with E-state index < -0.39 is 11.7 Å². The van der Waals surface area contributed by atoms with Crippen molar-refractivity contribution in [2.75, 3.05) is 39.6 Å². The highest BCUT2D eigenvalue weighted by Gasteiger charge is 2.26. The molecule has 0 saturated heterocycles. The fourth-order valence-electron chi connectivity index (χ4n) is 4.07. The highest BCUT2D eigenvalue weighted by Crippen LogP contribution is 2.27. The minimum absolute atomic E-state index is 0.233. The van der Waals surface area contributed by atoms with Crippen LogP contribution in [0.3, 0.4) is 0 Å². The number of hydrogen-bond acceptors (Lipinski definition) is 9. The van der Waals surface area contributed by atoms with Gasteiger partial charge in [-0.3, -0.25) is 14.8 Å². The Hall–Kier alpha value is -3.96. The van der Waals surface area contributed by atoms with E-state index in [-0.39, 0.29) is 11.9 Å². The average Bonchev–Trinajstić information content (AvgIpc) is 2.94. The summed E-state index contributed by atoms with van der Waals surface area (Å²) in [5.74, 6) is 0.435. The van der Waals surface area contributed by atoms with Gasteiger partial charge < -0.3 is 35.3 Å². The van der Waals surface area contributed by atoms with E-state index >= 15 is 0 Å². The first-order chi connectivity index (χ1) is 19.7. The van der Waals surface area contributed by atoms with Gasteiger partial charge in [0.1, 0.15) is 23.7 Å². The van der Waals surface area contributed by atoms with Crippen molar-refractivity contribution in [3.8, 4) is 5.75 Å². The van der Waals surface area contributed by atoms with E-state index in [2.05, 4.69) is 15.6 Å². The van der Waals surface area contributed by atoms with Gasteiger partial charge in [0, 0.05) is 36.3 Å². The van der Waals surface area contributed by atoms with Gasteiger partial charge in [0.15, 0.2) is 0 Å². The van der Waals surface area contributed by atoms with Crippen molar-refractivity contribution in [1.82, 2.24) is 15.6 Å². The molecule has 0 aliphatic heterocycles. The van der Waals surface area contributed by atoms with Crippen LogP contribution in [-0.2, 0) is 14.2 Å². The molecule has 0 bridgehead atoms. The Morgan fingerprint density at radius 1 is 1.07 bits per heavy atom. The van der Waals surface area contributed by atoms with Crippen LogP contribution < -0.4 is 21.1 Å². The number of carbonyl (C=O) groups excluding carboxylic acids is 2. The Morgan fingerprint density at radius 3 is 2.59 bits per heavy atom. The maximum absolute atomic E-state index is 12.6. The number of amides is 2. The summed E-state index contributed by atoms with van der Waals surface area (Å²) in [5, 5.41) is 5.67. The second kappa shape index (κ2) is 16.3. The number of rotatable bonds is 13. The molecule has 3 rings (SSSR count). The number of nitrogens with zero attached hydrogens (tertiary/aromatic N) is 2. The van der Waals surface area contributed by atoms with Crippen molar-refractivity contribution in [1.29, 1.82) is 0 Å². The number of hydrogen-bond donors (Lipinski definition) is 3. The molecule has 2 aromatic rings. The number of nitrogens with one attached hydrogen (secondary N) is 2. The first-order valence-corrected chi connectivity index (χ1v) is 13.8. The van der Waals surface area contributed by atoms with E-state index in [0.29, 0.717) is 51.0 Å². The quantitative estimate of drug-likeness (QED) is 0.309. The smallest absolute Gasteiger partial charge is 0.407 e. The number of carbonyl (C=O) groups is 2. The minimum atomic E-state index is -0.526. The molecule has 1 aliphatic rings. The number of nitrogens with two attached hydrogens (primary N) is 1. The number of ether oxygens (including phenoxy) is 4. The molecule has 1 heterocycles. The fraction of sp³-hybridized carbons (Fsp3) is 0.467. The zero-order valence-corrected chi connectivity index (χ0v) is 24.1. The number of alkyl carbamates (subject to hydrolysis) is 1. The van der Waals surface area contributed by atoms with Gasteiger partial charge in [-0.15, -0.1) is 0 Å². The van der Waals surface area contributed by atoms with Gasteiger partial charge >= 0.3 is 6.09 Å². The van der Waals surface area contributed by atoms with Gasteiger partial charge in [-0.25, -0.2) is 4.79 Å². The summed E-state index contributed by atoms with van der Waals surface area (Å²) in [6.45, 7) is 7.75. The largest absolute Gasteiger partial charge is 0.491 e. The van der Waals surface area contributed by atoms with Gasteiger partial charge in [0.05, 0.1) is 38.2 Å². The van der Waals surface area contributed by atoms with E-state index in [4.69, 9.17) is 29.7 Å². The Bertz CT molecular complexity index is 1180. The molecule has 0 spiro atoms. The van der Waals surface area contributed by atoms with Crippen LogP contribution >= 0.6 is 0 Å². The van der Waals surface area contributed by atoms with Crippen molar-refractivity contribution < 1.29 is 28.5 Å². The predicted octanol–water partition coefficient (Wildman–Crippen LogP) is 3.92. The molecular weight excluding hydrogens is 526 g/mol. The molecule has 11 nitrogen and oxygen atoms in total. The SMILES string of the molecule is CC(C)(C)OC(=O)NCCOCCOCCOc1cccc(N=C2CCCC(NC(=O)c3ccccn3)/C2=C/N)c1. The molecule has 0 radical (unpaired) electrons. The lowest BCUT2D eigenvalue weighted by molar-refractivity contribution is 0.0327. The monoisotopic (exact) mass is 567 g/mol. The molecular formula is C30H41N5O6. The van der Waals surface area contributed by atoms with Crippen molar-refractivity contribution in [2.45, 2.75) is 51.7 Å². The summed E-state index contributed by atoms with van der Waals surface area (Å²) in [7, 11) is 0. The van der Waals surface area contributed by atoms with Gasteiger partial charge in [-0.2, -0.15) is 0 Å². The first kappa shape index (κ1) is 31.6. The normalized spacial score (nSPS) is 17.3. The van der Waals surface area contributed by atoms with Crippen molar-refractivity contribution >= 4 is 23.4 Å². The Morgan fingerprint density at radius 2 is 1.85 bits per heavy atom. The van der Waals surface area contributed by atoms with Gasteiger partial charge in [0.25, 0.3) is 5.91 Å². The van der Waals surface area contributed by atoms with Gasteiger partial charge in [-0.05, 0) is 64.3 Å². The van der Waals surface area contributed by atoms with Crippen molar-refractivity contribution in [3.63, 3.8) is 0 Å². The second-order valence-electron chi connectivity index (χ2n) is 10.3. The zero-order valence-electron chi connectivity index (χ0n) is 24.1. The molecule has 1 aromatic heterocycles. The van der Waals surface area contributed by atoms with Crippen molar-refractivity contribution in [2.24, 2.45) is 10.7 Å². The first-order valence-electron chi connectivity index (χ1n) is 13.8. The van der Waals surface area contributed by atoms with Crippen LogP contribution in [0.15, 0.2) is 65.4 Å². The van der Waals surface area contributed by atoms with Crippen molar-refractivity contribution in [3.05, 3.63) is 66.1 Å². The Labute approximate surface area is 241 Å². The van der Waals surface area contributed by atoms with Crippen LogP contribution in [0.2, 0.25) is 0 Å². The standard InChI is InChI=1S/C30H41N5O6/c1-30(2,3)41-29(37)33-14-15-38-16-17-39-18-19-40-23-9-6-8-22(20-23)34-25-11-7-12-26(24(25)21-31)35-28(36)27-10-4-5-13-32-27/h4-6,8-10,13,20-21,26H,7,11-12,14-19,31H2,1-3H3,(H,33,37)(H,35,36)/b24-21+,34-25?. The van der Waals surface area contributed by atoms with E-state index in [9.17, 15) is 9.59 Å². The van der Waals surface area contributed by atoms with Crippen LogP contribution in [0, 0.1) is 0 Å². The molecule has 222 valence electrons.